The highest BCUT2D eigenvalue weighted by Gasteiger charge is 2.26. The maximum Gasteiger partial charge on any atom is 0.241 e. The molecule has 1 amide bonds. The topological polar surface area (TPSA) is 71.3 Å². The summed E-state index contributed by atoms with van der Waals surface area (Å²) in [5.74, 6) is 1.06. The van der Waals surface area contributed by atoms with Crippen LogP contribution in [0.4, 0.5) is 5.69 Å². The van der Waals surface area contributed by atoms with Crippen LogP contribution in [0.5, 0.6) is 0 Å². The predicted molar refractivity (Wildman–Crippen MR) is 122 cm³/mol. The van der Waals surface area contributed by atoms with Gasteiger partial charge in [0.25, 0.3) is 0 Å². The Kier molecular flexibility index (Phi) is 6.60. The molecule has 0 radical (unpaired) electrons. The second-order valence-electron chi connectivity index (χ2n) is 7.97. The van der Waals surface area contributed by atoms with Crippen LogP contribution in [0, 0.1) is 19.8 Å². The van der Waals surface area contributed by atoms with E-state index in [-0.39, 0.29) is 11.8 Å². The van der Waals surface area contributed by atoms with Gasteiger partial charge in [0.2, 0.25) is 17.6 Å². The normalized spacial score (nSPS) is 15.2. The van der Waals surface area contributed by atoms with Crippen LogP contribution in [0.15, 0.2) is 40.9 Å². The maximum absolute atomic E-state index is 12.7. The number of hydrogen-bond acceptors (Lipinski definition) is 5. The first-order chi connectivity index (χ1) is 14.9. The number of nitrogens with one attached hydrogen (secondary N) is 1. The first kappa shape index (κ1) is 21.8. The number of carbonyl (C=O) groups is 1. The molecule has 1 aromatic heterocycles. The Morgan fingerprint density at radius 1 is 1.13 bits per heavy atom. The third-order valence-corrected chi connectivity index (χ3v) is 6.28. The molecule has 31 heavy (non-hydrogen) atoms. The van der Waals surface area contributed by atoms with Gasteiger partial charge in [-0.25, -0.2) is 0 Å². The summed E-state index contributed by atoms with van der Waals surface area (Å²) in [6.07, 6.45) is 1.58. The van der Waals surface area contributed by atoms with Crippen molar-refractivity contribution in [1.82, 2.24) is 15.0 Å². The number of aryl methyl sites for hydroxylation is 2. The lowest BCUT2D eigenvalue weighted by molar-refractivity contribution is -0.121. The van der Waals surface area contributed by atoms with Crippen LogP contribution in [0.1, 0.15) is 29.9 Å². The van der Waals surface area contributed by atoms with Crippen molar-refractivity contribution in [3.63, 3.8) is 0 Å². The van der Waals surface area contributed by atoms with Gasteiger partial charge >= 0.3 is 0 Å². The number of nitrogens with zero attached hydrogens (tertiary/aromatic N) is 3. The Labute approximate surface area is 191 Å². The summed E-state index contributed by atoms with van der Waals surface area (Å²) < 4.78 is 5.41. The minimum Gasteiger partial charge on any atom is -0.338 e. The van der Waals surface area contributed by atoms with Gasteiger partial charge in [-0.1, -0.05) is 34.4 Å². The second-order valence-corrected chi connectivity index (χ2v) is 8.82. The van der Waals surface area contributed by atoms with E-state index in [0.717, 1.165) is 31.6 Å². The standard InChI is InChI=1S/C23H24Cl2N4O2/c1-14-3-5-18(11-15(14)2)26-23(30)16-7-9-29(10-8-16)13-21-27-22(28-31-21)19-6-4-17(24)12-20(19)25/h3-6,11-12,16H,7-10,13H2,1-2H3,(H,26,30). The zero-order chi connectivity index (χ0) is 22.0. The van der Waals surface area contributed by atoms with E-state index in [1.165, 1.54) is 11.1 Å². The Bertz CT molecular complexity index is 1090. The van der Waals surface area contributed by atoms with Crippen LogP contribution in [0.3, 0.4) is 0 Å². The Morgan fingerprint density at radius 3 is 2.61 bits per heavy atom. The third-order valence-electron chi connectivity index (χ3n) is 5.73. The number of rotatable bonds is 5. The van der Waals surface area contributed by atoms with Crippen LogP contribution < -0.4 is 5.32 Å². The summed E-state index contributed by atoms with van der Waals surface area (Å²) in [6, 6.07) is 11.2. The van der Waals surface area contributed by atoms with Crippen molar-refractivity contribution in [1.29, 1.82) is 0 Å². The van der Waals surface area contributed by atoms with Crippen LogP contribution >= 0.6 is 23.2 Å². The van der Waals surface area contributed by atoms with Crippen molar-refractivity contribution in [2.24, 2.45) is 5.92 Å². The average molecular weight is 459 g/mol. The molecule has 6 nitrogen and oxygen atoms in total. The number of likely N-dealkylation sites (tertiary alicyclic amines) is 1. The third kappa shape index (κ3) is 5.26. The minimum absolute atomic E-state index is 0.00368. The summed E-state index contributed by atoms with van der Waals surface area (Å²) in [6.45, 7) is 6.25. The average Bonchev–Trinajstić information content (AvgIpc) is 3.19. The van der Waals surface area contributed by atoms with E-state index in [4.69, 9.17) is 27.7 Å². The largest absolute Gasteiger partial charge is 0.338 e. The smallest absolute Gasteiger partial charge is 0.241 e. The lowest BCUT2D eigenvalue weighted by Crippen LogP contribution is -2.37. The minimum atomic E-state index is 0.00368. The highest BCUT2D eigenvalue weighted by Crippen LogP contribution is 2.29. The summed E-state index contributed by atoms with van der Waals surface area (Å²) in [5.41, 5.74) is 3.93. The Morgan fingerprint density at radius 2 is 1.90 bits per heavy atom. The molecule has 0 bridgehead atoms. The molecule has 0 atom stereocenters. The number of halogens is 2. The fourth-order valence-corrected chi connectivity index (χ4v) is 4.20. The number of piperidine rings is 1. The van der Waals surface area contributed by atoms with E-state index >= 15 is 0 Å². The number of benzene rings is 2. The number of hydrogen-bond donors (Lipinski definition) is 1. The van der Waals surface area contributed by atoms with E-state index < -0.39 is 0 Å². The Hall–Kier alpha value is -2.41. The van der Waals surface area contributed by atoms with Gasteiger partial charge in [0.05, 0.1) is 11.6 Å². The molecule has 2 heterocycles. The molecule has 3 aromatic rings. The molecule has 0 unspecified atom stereocenters. The van der Waals surface area contributed by atoms with E-state index in [9.17, 15) is 4.79 Å². The van der Waals surface area contributed by atoms with Gasteiger partial charge in [0, 0.05) is 22.2 Å². The van der Waals surface area contributed by atoms with Crippen molar-refractivity contribution in [2.45, 2.75) is 33.2 Å². The fraction of sp³-hybridized carbons (Fsp3) is 0.348. The molecule has 0 saturated carbocycles. The molecule has 2 aromatic carbocycles. The van der Waals surface area contributed by atoms with Gasteiger partial charge in [-0.05, 0) is 81.2 Å². The van der Waals surface area contributed by atoms with Crippen LogP contribution in [-0.2, 0) is 11.3 Å². The highest BCUT2D eigenvalue weighted by atomic mass is 35.5. The van der Waals surface area contributed by atoms with Crippen molar-refractivity contribution in [3.05, 3.63) is 63.5 Å². The molecule has 1 N–H and O–H groups in total. The van der Waals surface area contributed by atoms with Crippen LogP contribution in [0.2, 0.25) is 10.0 Å². The molecule has 1 aliphatic rings. The monoisotopic (exact) mass is 458 g/mol. The SMILES string of the molecule is Cc1ccc(NC(=O)C2CCN(Cc3nc(-c4ccc(Cl)cc4Cl)no3)CC2)cc1C. The number of carbonyl (C=O) groups excluding carboxylic acids is 1. The lowest BCUT2D eigenvalue weighted by Gasteiger charge is -2.30. The number of amides is 1. The zero-order valence-corrected chi connectivity index (χ0v) is 19.0. The first-order valence-electron chi connectivity index (χ1n) is 10.3. The van der Waals surface area contributed by atoms with Gasteiger partial charge in [0.1, 0.15) is 0 Å². The van der Waals surface area contributed by atoms with Crippen LogP contribution in [-0.4, -0.2) is 34.0 Å². The van der Waals surface area contributed by atoms with Crippen LogP contribution in [0.25, 0.3) is 11.4 Å². The summed E-state index contributed by atoms with van der Waals surface area (Å²) in [4.78, 5) is 19.3. The molecule has 8 heteroatoms. The van der Waals surface area contributed by atoms with Gasteiger partial charge in [-0.15, -0.1) is 0 Å². The fourth-order valence-electron chi connectivity index (χ4n) is 3.71. The number of aromatic nitrogens is 2. The molecule has 162 valence electrons. The zero-order valence-electron chi connectivity index (χ0n) is 17.5. The molecule has 1 saturated heterocycles. The van der Waals surface area contributed by atoms with E-state index in [1.54, 1.807) is 18.2 Å². The Balaban J connectivity index is 1.30. The van der Waals surface area contributed by atoms with E-state index in [1.807, 2.05) is 25.1 Å². The van der Waals surface area contributed by atoms with E-state index in [2.05, 4.69) is 27.3 Å². The molecule has 0 spiro atoms. The van der Waals surface area contributed by atoms with Crippen molar-refractivity contribution >= 4 is 34.8 Å². The van der Waals surface area contributed by atoms with Gasteiger partial charge in [-0.2, -0.15) is 4.98 Å². The quantitative estimate of drug-likeness (QED) is 0.545. The lowest BCUT2D eigenvalue weighted by atomic mass is 9.95. The summed E-state index contributed by atoms with van der Waals surface area (Å²) >= 11 is 12.2. The van der Waals surface area contributed by atoms with E-state index in [0.29, 0.717) is 33.9 Å². The molecule has 4 rings (SSSR count). The molecule has 1 fully saturated rings. The first-order valence-corrected chi connectivity index (χ1v) is 11.0. The van der Waals surface area contributed by atoms with Gasteiger partial charge in [0.15, 0.2) is 0 Å². The molecular weight excluding hydrogens is 435 g/mol. The molecule has 0 aliphatic carbocycles. The van der Waals surface area contributed by atoms with Crippen molar-refractivity contribution in [2.75, 3.05) is 18.4 Å². The predicted octanol–water partition coefficient (Wildman–Crippen LogP) is 5.51. The van der Waals surface area contributed by atoms with Gasteiger partial charge in [-0.3, -0.25) is 9.69 Å². The van der Waals surface area contributed by atoms with Crippen molar-refractivity contribution in [3.8, 4) is 11.4 Å². The molecule has 1 aliphatic heterocycles. The summed E-state index contributed by atoms with van der Waals surface area (Å²) in [5, 5.41) is 8.14. The second kappa shape index (κ2) is 9.39. The number of anilines is 1. The van der Waals surface area contributed by atoms with Gasteiger partial charge < -0.3 is 9.84 Å². The highest BCUT2D eigenvalue weighted by molar-refractivity contribution is 6.36. The van der Waals surface area contributed by atoms with Crippen molar-refractivity contribution < 1.29 is 9.32 Å². The maximum atomic E-state index is 12.7. The summed E-state index contributed by atoms with van der Waals surface area (Å²) in [7, 11) is 0. The molecular formula is C23H24Cl2N4O2.